The van der Waals surface area contributed by atoms with Crippen LogP contribution in [0.5, 0.6) is 0 Å². The van der Waals surface area contributed by atoms with E-state index in [1.165, 1.54) is 0 Å². The normalized spacial score (nSPS) is 27.2. The second-order valence-electron chi connectivity index (χ2n) is 7.91. The zero-order chi connectivity index (χ0) is 16.0. The molecule has 2 aliphatic heterocycles. The van der Waals surface area contributed by atoms with E-state index in [1.54, 1.807) is 28.6 Å². The van der Waals surface area contributed by atoms with Gasteiger partial charge in [-0.15, -0.1) is 0 Å². The lowest BCUT2D eigenvalue weighted by Crippen LogP contribution is -2.36. The van der Waals surface area contributed by atoms with Gasteiger partial charge in [0.05, 0.1) is 4.90 Å². The molecule has 4 nitrogen and oxygen atoms in total. The van der Waals surface area contributed by atoms with E-state index in [0.717, 1.165) is 19.6 Å². The second-order valence-corrected chi connectivity index (χ2v) is 9.85. The van der Waals surface area contributed by atoms with Gasteiger partial charge < -0.3 is 4.90 Å². The summed E-state index contributed by atoms with van der Waals surface area (Å²) >= 11 is 0. The van der Waals surface area contributed by atoms with Crippen LogP contribution in [0.15, 0.2) is 35.2 Å². The Hall–Kier alpha value is -0.910. The molecule has 0 N–H and O–H groups in total. The van der Waals surface area contributed by atoms with Crippen molar-refractivity contribution in [2.75, 3.05) is 32.7 Å². The predicted octanol–water partition coefficient (Wildman–Crippen LogP) is 2.29. The first-order valence-corrected chi connectivity index (χ1v) is 9.47. The molecule has 1 aromatic rings. The van der Waals surface area contributed by atoms with Gasteiger partial charge in [-0.05, 0) is 29.4 Å². The molecule has 0 spiro atoms. The minimum atomic E-state index is -3.32. The van der Waals surface area contributed by atoms with Crippen molar-refractivity contribution in [2.24, 2.45) is 17.3 Å². The third kappa shape index (κ3) is 3.21. The number of likely N-dealkylation sites (tertiary alicyclic amines) is 1. The van der Waals surface area contributed by atoms with Gasteiger partial charge in [-0.3, -0.25) is 0 Å². The Morgan fingerprint density at radius 2 is 1.55 bits per heavy atom. The first kappa shape index (κ1) is 16.0. The molecule has 2 heterocycles. The Morgan fingerprint density at radius 1 is 1.00 bits per heavy atom. The second kappa shape index (κ2) is 5.62. The lowest BCUT2D eigenvalue weighted by molar-refractivity contribution is 0.209. The highest BCUT2D eigenvalue weighted by Crippen LogP contribution is 2.35. The van der Waals surface area contributed by atoms with Crippen molar-refractivity contribution in [3.63, 3.8) is 0 Å². The number of fused-ring (bicyclic) bond motifs is 1. The molecule has 0 aliphatic carbocycles. The predicted molar refractivity (Wildman–Crippen MR) is 88.1 cm³/mol. The van der Waals surface area contributed by atoms with E-state index in [2.05, 4.69) is 25.7 Å². The molecule has 0 saturated carbocycles. The molecular formula is C17H26N2O2S. The number of nitrogens with zero attached hydrogens (tertiary/aromatic N) is 2. The molecule has 5 heteroatoms. The van der Waals surface area contributed by atoms with Gasteiger partial charge in [0.1, 0.15) is 0 Å². The summed E-state index contributed by atoms with van der Waals surface area (Å²) < 4.78 is 27.1. The van der Waals surface area contributed by atoms with Crippen molar-refractivity contribution in [2.45, 2.75) is 25.7 Å². The molecule has 2 aliphatic rings. The molecule has 1 aromatic carbocycles. The van der Waals surface area contributed by atoms with Crippen LogP contribution in [-0.4, -0.2) is 50.3 Å². The molecule has 0 amide bonds. The van der Waals surface area contributed by atoms with E-state index in [4.69, 9.17) is 0 Å². The molecule has 3 rings (SSSR count). The Morgan fingerprint density at radius 3 is 2.05 bits per heavy atom. The fraction of sp³-hybridized carbons (Fsp3) is 0.647. The fourth-order valence-electron chi connectivity index (χ4n) is 3.78. The van der Waals surface area contributed by atoms with Crippen LogP contribution in [0.3, 0.4) is 0 Å². The molecule has 0 radical (unpaired) electrons. The number of hydrogen-bond donors (Lipinski definition) is 0. The van der Waals surface area contributed by atoms with Crippen LogP contribution in [0.25, 0.3) is 0 Å². The third-order valence-electron chi connectivity index (χ3n) is 4.61. The SMILES string of the molecule is CC(C)(C)CN1C[C@@H]2CN(S(=O)(=O)c3ccccc3)C[C@H]2C1. The van der Waals surface area contributed by atoms with E-state index in [0.29, 0.717) is 35.2 Å². The van der Waals surface area contributed by atoms with Gasteiger partial charge >= 0.3 is 0 Å². The maximum absolute atomic E-state index is 12.7. The quantitative estimate of drug-likeness (QED) is 0.857. The average Bonchev–Trinajstić information content (AvgIpc) is 2.96. The highest BCUT2D eigenvalue weighted by Gasteiger charge is 2.44. The first-order valence-electron chi connectivity index (χ1n) is 8.03. The van der Waals surface area contributed by atoms with Crippen molar-refractivity contribution in [1.82, 2.24) is 9.21 Å². The zero-order valence-corrected chi connectivity index (χ0v) is 14.5. The van der Waals surface area contributed by atoms with Crippen molar-refractivity contribution in [3.05, 3.63) is 30.3 Å². The smallest absolute Gasteiger partial charge is 0.243 e. The minimum Gasteiger partial charge on any atom is -0.302 e. The number of sulfonamides is 1. The van der Waals surface area contributed by atoms with Gasteiger partial charge in [0.2, 0.25) is 10.0 Å². The Labute approximate surface area is 134 Å². The van der Waals surface area contributed by atoms with Gasteiger partial charge in [0.15, 0.2) is 0 Å². The van der Waals surface area contributed by atoms with Crippen LogP contribution in [0.4, 0.5) is 0 Å². The zero-order valence-electron chi connectivity index (χ0n) is 13.7. The number of benzene rings is 1. The molecule has 0 bridgehead atoms. The van der Waals surface area contributed by atoms with Crippen LogP contribution in [0.1, 0.15) is 20.8 Å². The monoisotopic (exact) mass is 322 g/mol. The van der Waals surface area contributed by atoms with Crippen molar-refractivity contribution in [1.29, 1.82) is 0 Å². The highest BCUT2D eigenvalue weighted by atomic mass is 32.2. The molecule has 0 aromatic heterocycles. The number of rotatable bonds is 3. The van der Waals surface area contributed by atoms with Gasteiger partial charge in [-0.1, -0.05) is 39.0 Å². The molecule has 122 valence electrons. The highest BCUT2D eigenvalue weighted by molar-refractivity contribution is 7.89. The molecule has 22 heavy (non-hydrogen) atoms. The summed E-state index contributed by atoms with van der Waals surface area (Å²) in [6.07, 6.45) is 0. The van der Waals surface area contributed by atoms with E-state index in [9.17, 15) is 8.42 Å². The summed E-state index contributed by atoms with van der Waals surface area (Å²) in [6.45, 7) is 11.3. The average molecular weight is 322 g/mol. The molecule has 2 atom stereocenters. The van der Waals surface area contributed by atoms with E-state index >= 15 is 0 Å². The van der Waals surface area contributed by atoms with Crippen LogP contribution in [-0.2, 0) is 10.0 Å². The summed E-state index contributed by atoms with van der Waals surface area (Å²) in [5, 5.41) is 0. The summed E-state index contributed by atoms with van der Waals surface area (Å²) in [7, 11) is -3.32. The molecule has 2 fully saturated rings. The standard InChI is InChI=1S/C17H26N2O2S/c1-17(2,3)13-18-9-14-11-19(12-15(14)10-18)22(20,21)16-7-5-4-6-8-16/h4-8,14-15H,9-13H2,1-3H3/t14-,15-/m1/s1. The summed E-state index contributed by atoms with van der Waals surface area (Å²) in [5.74, 6) is 0.974. The van der Waals surface area contributed by atoms with Crippen LogP contribution in [0.2, 0.25) is 0 Å². The first-order chi connectivity index (χ1) is 10.3. The third-order valence-corrected chi connectivity index (χ3v) is 6.45. The van der Waals surface area contributed by atoms with Crippen LogP contribution in [0, 0.1) is 17.3 Å². The molecule has 2 saturated heterocycles. The molecule has 0 unspecified atom stereocenters. The van der Waals surface area contributed by atoms with Crippen LogP contribution < -0.4 is 0 Å². The topological polar surface area (TPSA) is 40.6 Å². The summed E-state index contributed by atoms with van der Waals surface area (Å²) in [5.41, 5.74) is 0.300. The maximum atomic E-state index is 12.7. The van der Waals surface area contributed by atoms with Crippen LogP contribution >= 0.6 is 0 Å². The van der Waals surface area contributed by atoms with E-state index < -0.39 is 10.0 Å². The van der Waals surface area contributed by atoms with Crippen molar-refractivity contribution in [3.8, 4) is 0 Å². The summed E-state index contributed by atoms with van der Waals surface area (Å²) in [6, 6.07) is 8.80. The van der Waals surface area contributed by atoms with Gasteiger partial charge in [-0.25, -0.2) is 8.42 Å². The van der Waals surface area contributed by atoms with Gasteiger partial charge in [0, 0.05) is 32.7 Å². The lowest BCUT2D eigenvalue weighted by atomic mass is 9.96. The Balaban J connectivity index is 1.66. The maximum Gasteiger partial charge on any atom is 0.243 e. The van der Waals surface area contributed by atoms with Crippen molar-refractivity contribution >= 4 is 10.0 Å². The van der Waals surface area contributed by atoms with E-state index in [-0.39, 0.29) is 0 Å². The molecular weight excluding hydrogens is 296 g/mol. The largest absolute Gasteiger partial charge is 0.302 e. The Bertz CT molecular complexity index is 608. The van der Waals surface area contributed by atoms with Gasteiger partial charge in [0.25, 0.3) is 0 Å². The van der Waals surface area contributed by atoms with Gasteiger partial charge in [-0.2, -0.15) is 4.31 Å². The van der Waals surface area contributed by atoms with Crippen molar-refractivity contribution < 1.29 is 8.42 Å². The number of hydrogen-bond acceptors (Lipinski definition) is 3. The Kier molecular flexibility index (Phi) is 4.08. The van der Waals surface area contributed by atoms with E-state index in [1.807, 2.05) is 6.07 Å². The lowest BCUT2D eigenvalue weighted by Gasteiger charge is -2.27. The fourth-order valence-corrected chi connectivity index (χ4v) is 5.36. The summed E-state index contributed by atoms with van der Waals surface area (Å²) in [4.78, 5) is 2.92. The minimum absolute atomic E-state index is 0.300.